The summed E-state index contributed by atoms with van der Waals surface area (Å²) in [5.41, 5.74) is 3.17. The molecule has 21 heavy (non-hydrogen) atoms. The van der Waals surface area contributed by atoms with Crippen LogP contribution in [0.4, 0.5) is 4.79 Å². The summed E-state index contributed by atoms with van der Waals surface area (Å²) in [4.78, 5) is 11.5. The van der Waals surface area contributed by atoms with Crippen LogP contribution in [0.25, 0.3) is 6.08 Å². The summed E-state index contributed by atoms with van der Waals surface area (Å²) in [6.07, 6.45) is 5.45. The van der Waals surface area contributed by atoms with Crippen molar-refractivity contribution >= 4 is 12.2 Å². The van der Waals surface area contributed by atoms with Gasteiger partial charge in [0.1, 0.15) is 5.60 Å². The highest BCUT2D eigenvalue weighted by atomic mass is 16.6. The molecule has 0 atom stereocenters. The van der Waals surface area contributed by atoms with Crippen molar-refractivity contribution in [2.45, 2.75) is 39.2 Å². The summed E-state index contributed by atoms with van der Waals surface area (Å²) in [5, 5.41) is 2.70. The van der Waals surface area contributed by atoms with Crippen molar-refractivity contribution in [3.8, 4) is 11.8 Å². The van der Waals surface area contributed by atoms with Gasteiger partial charge >= 0.3 is 6.09 Å². The molecule has 2 rings (SSSR count). The maximum absolute atomic E-state index is 11.5. The predicted octanol–water partition coefficient (Wildman–Crippen LogP) is 3.52. The molecule has 1 aliphatic rings. The number of hydrogen-bond donors (Lipinski definition) is 1. The van der Waals surface area contributed by atoms with Gasteiger partial charge in [-0.15, -0.1) is 0 Å². The Labute approximate surface area is 126 Å². The van der Waals surface area contributed by atoms with Crippen LogP contribution in [-0.4, -0.2) is 18.2 Å². The zero-order valence-electron chi connectivity index (χ0n) is 12.8. The van der Waals surface area contributed by atoms with E-state index in [-0.39, 0.29) is 0 Å². The summed E-state index contributed by atoms with van der Waals surface area (Å²) in [5.74, 6) is 6.29. The number of allylic oxidation sites excluding steroid dienone is 1. The van der Waals surface area contributed by atoms with Gasteiger partial charge in [0.25, 0.3) is 0 Å². The molecule has 0 spiro atoms. The molecule has 0 aromatic heterocycles. The van der Waals surface area contributed by atoms with Crippen molar-refractivity contribution < 1.29 is 9.53 Å². The second kappa shape index (κ2) is 6.49. The zero-order valence-corrected chi connectivity index (χ0v) is 12.8. The number of benzene rings is 1. The topological polar surface area (TPSA) is 38.3 Å². The van der Waals surface area contributed by atoms with Crippen LogP contribution in [0.15, 0.2) is 24.3 Å². The monoisotopic (exact) mass is 283 g/mol. The highest BCUT2D eigenvalue weighted by molar-refractivity contribution is 5.67. The predicted molar refractivity (Wildman–Crippen MR) is 84.9 cm³/mol. The van der Waals surface area contributed by atoms with Gasteiger partial charge in [-0.25, -0.2) is 4.79 Å². The van der Waals surface area contributed by atoms with Crippen molar-refractivity contribution in [1.29, 1.82) is 0 Å². The first-order chi connectivity index (χ1) is 9.96. The standard InChI is InChI=1S/C18H21NO2/c1-18(2,3)21-17(20)19-13-5-4-8-14-9-6-10-15-11-7-12-16(14)15/h6-7,9-11H,5,12-13H2,1-3H3,(H,19,20). The second-order valence-corrected chi connectivity index (χ2v) is 5.96. The van der Waals surface area contributed by atoms with E-state index in [1.54, 1.807) is 0 Å². The molecule has 0 aliphatic heterocycles. The van der Waals surface area contributed by atoms with Crippen LogP contribution in [-0.2, 0) is 11.2 Å². The molecule has 0 bridgehead atoms. The van der Waals surface area contributed by atoms with Gasteiger partial charge in [-0.2, -0.15) is 0 Å². The van der Waals surface area contributed by atoms with E-state index in [1.807, 2.05) is 32.9 Å². The van der Waals surface area contributed by atoms with Gasteiger partial charge in [-0.3, -0.25) is 0 Å². The van der Waals surface area contributed by atoms with Crippen LogP contribution < -0.4 is 5.32 Å². The first-order valence-corrected chi connectivity index (χ1v) is 7.20. The number of ether oxygens (including phenoxy) is 1. The first-order valence-electron chi connectivity index (χ1n) is 7.20. The molecule has 3 nitrogen and oxygen atoms in total. The quantitative estimate of drug-likeness (QED) is 0.666. The molecule has 0 heterocycles. The van der Waals surface area contributed by atoms with E-state index in [4.69, 9.17) is 4.74 Å². The molecule has 3 heteroatoms. The van der Waals surface area contributed by atoms with Crippen LogP contribution in [0.3, 0.4) is 0 Å². The largest absolute Gasteiger partial charge is 0.444 e. The zero-order chi connectivity index (χ0) is 15.3. The van der Waals surface area contributed by atoms with Crippen LogP contribution in [0.1, 0.15) is 43.9 Å². The SMILES string of the molecule is CC(C)(C)OC(=O)NCCC#Cc1cccc2c1CC=C2. The number of alkyl carbamates (subject to hydrolysis) is 1. The summed E-state index contributed by atoms with van der Waals surface area (Å²) in [6, 6.07) is 6.17. The Bertz CT molecular complexity index is 612. The van der Waals surface area contributed by atoms with Crippen LogP contribution in [0, 0.1) is 11.8 Å². The van der Waals surface area contributed by atoms with Crippen molar-refractivity contribution in [1.82, 2.24) is 5.32 Å². The molecule has 110 valence electrons. The van der Waals surface area contributed by atoms with Gasteiger partial charge in [0, 0.05) is 18.5 Å². The van der Waals surface area contributed by atoms with Gasteiger partial charge in [0.05, 0.1) is 0 Å². The lowest BCUT2D eigenvalue weighted by molar-refractivity contribution is 0.0529. The lowest BCUT2D eigenvalue weighted by Crippen LogP contribution is -2.32. The number of rotatable bonds is 2. The number of carbonyl (C=O) groups excluding carboxylic acids is 1. The van der Waals surface area contributed by atoms with E-state index in [2.05, 4.69) is 35.4 Å². The third-order valence-corrected chi connectivity index (χ3v) is 2.97. The van der Waals surface area contributed by atoms with Crippen molar-refractivity contribution in [3.63, 3.8) is 0 Å². The molecular formula is C18H21NO2. The van der Waals surface area contributed by atoms with Gasteiger partial charge in [-0.1, -0.05) is 36.1 Å². The molecular weight excluding hydrogens is 262 g/mol. The van der Waals surface area contributed by atoms with E-state index >= 15 is 0 Å². The fourth-order valence-corrected chi connectivity index (χ4v) is 2.11. The van der Waals surface area contributed by atoms with Gasteiger partial charge in [0.2, 0.25) is 0 Å². The van der Waals surface area contributed by atoms with E-state index < -0.39 is 11.7 Å². The summed E-state index contributed by atoms with van der Waals surface area (Å²) in [6.45, 7) is 6.03. The fourth-order valence-electron chi connectivity index (χ4n) is 2.11. The molecule has 1 amide bonds. The van der Waals surface area contributed by atoms with Crippen molar-refractivity contribution in [2.75, 3.05) is 6.54 Å². The number of fused-ring (bicyclic) bond motifs is 1. The van der Waals surface area contributed by atoms with Crippen molar-refractivity contribution in [2.24, 2.45) is 0 Å². The molecule has 0 saturated carbocycles. The van der Waals surface area contributed by atoms with Crippen molar-refractivity contribution in [3.05, 3.63) is 41.0 Å². The average Bonchev–Trinajstić information content (AvgIpc) is 2.85. The summed E-state index contributed by atoms with van der Waals surface area (Å²) < 4.78 is 5.16. The Hall–Kier alpha value is -2.21. The number of amides is 1. The highest BCUT2D eigenvalue weighted by Crippen LogP contribution is 2.22. The Morgan fingerprint density at radius 2 is 2.19 bits per heavy atom. The molecule has 0 radical (unpaired) electrons. The minimum absolute atomic E-state index is 0.394. The molecule has 0 unspecified atom stereocenters. The fraction of sp³-hybridized carbons (Fsp3) is 0.389. The van der Waals surface area contributed by atoms with E-state index in [0.29, 0.717) is 13.0 Å². The summed E-state index contributed by atoms with van der Waals surface area (Å²) >= 11 is 0. The minimum Gasteiger partial charge on any atom is -0.444 e. The minimum atomic E-state index is -0.465. The third-order valence-electron chi connectivity index (χ3n) is 2.97. The number of carbonyl (C=O) groups is 1. The van der Waals surface area contributed by atoms with E-state index in [9.17, 15) is 4.79 Å². The maximum Gasteiger partial charge on any atom is 0.407 e. The molecule has 0 saturated heterocycles. The lowest BCUT2D eigenvalue weighted by Gasteiger charge is -2.19. The highest BCUT2D eigenvalue weighted by Gasteiger charge is 2.15. The third kappa shape index (κ3) is 4.68. The van der Waals surface area contributed by atoms with E-state index in [1.165, 1.54) is 11.1 Å². The summed E-state index contributed by atoms with van der Waals surface area (Å²) in [7, 11) is 0. The van der Waals surface area contributed by atoms with Crippen LogP contribution in [0.5, 0.6) is 0 Å². The molecule has 0 fully saturated rings. The first kappa shape index (κ1) is 15.2. The normalized spacial score (nSPS) is 12.3. The average molecular weight is 283 g/mol. The Kier molecular flexibility index (Phi) is 4.70. The Morgan fingerprint density at radius 1 is 1.38 bits per heavy atom. The molecule has 1 aromatic rings. The number of hydrogen-bond acceptors (Lipinski definition) is 2. The maximum atomic E-state index is 11.5. The molecule has 1 aliphatic carbocycles. The van der Waals surface area contributed by atoms with Crippen LogP contribution >= 0.6 is 0 Å². The molecule has 1 N–H and O–H groups in total. The van der Waals surface area contributed by atoms with Gasteiger partial charge in [-0.05, 0) is 44.4 Å². The Morgan fingerprint density at radius 3 is 2.95 bits per heavy atom. The number of nitrogens with one attached hydrogen (secondary N) is 1. The van der Waals surface area contributed by atoms with Gasteiger partial charge in [0.15, 0.2) is 0 Å². The smallest absolute Gasteiger partial charge is 0.407 e. The lowest BCUT2D eigenvalue weighted by atomic mass is 10.0. The van der Waals surface area contributed by atoms with Crippen LogP contribution in [0.2, 0.25) is 0 Å². The van der Waals surface area contributed by atoms with Gasteiger partial charge < -0.3 is 10.1 Å². The van der Waals surface area contributed by atoms with E-state index in [0.717, 1.165) is 12.0 Å². The Balaban J connectivity index is 1.81. The molecule has 1 aromatic carbocycles. The second-order valence-electron chi connectivity index (χ2n) is 5.96.